The highest BCUT2D eigenvalue weighted by atomic mass is 16.6. The molecule has 3 rings (SSSR count). The Bertz CT molecular complexity index is 1150. The summed E-state index contributed by atoms with van der Waals surface area (Å²) in [7, 11) is 0. The zero-order valence-corrected chi connectivity index (χ0v) is 15.6. The number of carbonyl (C=O) groups excluding carboxylic acids is 1. The number of nitro benzene ring substituents is 1. The van der Waals surface area contributed by atoms with Crippen molar-refractivity contribution in [2.24, 2.45) is 0 Å². The van der Waals surface area contributed by atoms with Crippen molar-refractivity contribution in [3.05, 3.63) is 91.4 Å². The van der Waals surface area contributed by atoms with Crippen molar-refractivity contribution in [1.82, 2.24) is 9.78 Å². The molecule has 0 fully saturated rings. The highest BCUT2D eigenvalue weighted by Crippen LogP contribution is 2.22. The molecule has 0 saturated heterocycles. The monoisotopic (exact) mass is 378 g/mol. The Morgan fingerprint density at radius 1 is 1.11 bits per heavy atom. The van der Waals surface area contributed by atoms with E-state index in [9.17, 15) is 19.7 Å². The molecule has 2 aromatic carbocycles. The molecule has 28 heavy (non-hydrogen) atoms. The van der Waals surface area contributed by atoms with Crippen LogP contribution in [-0.4, -0.2) is 20.6 Å². The van der Waals surface area contributed by atoms with Gasteiger partial charge in [0, 0.05) is 23.5 Å². The number of hydrogen-bond donors (Lipinski definition) is 1. The minimum atomic E-state index is -0.675. The third-order valence-electron chi connectivity index (χ3n) is 4.48. The fourth-order valence-corrected chi connectivity index (χ4v) is 2.81. The normalized spacial score (nSPS) is 10.5. The third kappa shape index (κ3) is 3.52. The maximum atomic E-state index is 12.7. The largest absolute Gasteiger partial charge is 0.320 e. The van der Waals surface area contributed by atoms with Crippen LogP contribution in [-0.2, 0) is 0 Å². The molecule has 1 amide bonds. The van der Waals surface area contributed by atoms with Crippen molar-refractivity contribution in [3.63, 3.8) is 0 Å². The maximum Gasteiger partial charge on any atom is 0.294 e. The molecule has 0 radical (unpaired) electrons. The lowest BCUT2D eigenvalue weighted by Gasteiger charge is -2.13. The van der Waals surface area contributed by atoms with E-state index in [1.54, 1.807) is 25.1 Å². The summed E-state index contributed by atoms with van der Waals surface area (Å²) >= 11 is 0. The van der Waals surface area contributed by atoms with Gasteiger partial charge in [0.15, 0.2) is 5.69 Å². The first kappa shape index (κ1) is 19.0. The minimum Gasteiger partial charge on any atom is -0.320 e. The molecule has 0 bridgehead atoms. The van der Waals surface area contributed by atoms with E-state index in [2.05, 4.69) is 10.4 Å². The number of amides is 1. The van der Waals surface area contributed by atoms with E-state index in [1.165, 1.54) is 28.9 Å². The van der Waals surface area contributed by atoms with Gasteiger partial charge >= 0.3 is 0 Å². The van der Waals surface area contributed by atoms with Gasteiger partial charge in [-0.2, -0.15) is 5.10 Å². The summed E-state index contributed by atoms with van der Waals surface area (Å²) in [4.78, 5) is 35.8. The topological polar surface area (TPSA) is 107 Å². The Kier molecular flexibility index (Phi) is 5.04. The Balaban J connectivity index is 2.08. The molecule has 1 N–H and O–H groups in total. The van der Waals surface area contributed by atoms with Crippen LogP contribution in [0.15, 0.2) is 53.3 Å². The van der Waals surface area contributed by atoms with Gasteiger partial charge in [-0.15, -0.1) is 0 Å². The number of hydrogen-bond acceptors (Lipinski definition) is 5. The zero-order valence-electron chi connectivity index (χ0n) is 15.6. The van der Waals surface area contributed by atoms with Crippen molar-refractivity contribution in [3.8, 4) is 5.69 Å². The van der Waals surface area contributed by atoms with E-state index < -0.39 is 16.3 Å². The summed E-state index contributed by atoms with van der Waals surface area (Å²) in [6.07, 6.45) is 0. The number of benzene rings is 2. The second-order valence-electron chi connectivity index (χ2n) is 6.36. The number of nitrogens with zero attached hydrogens (tertiary/aromatic N) is 3. The number of aromatic nitrogens is 2. The lowest BCUT2D eigenvalue weighted by Crippen LogP contribution is -2.27. The van der Waals surface area contributed by atoms with Crippen molar-refractivity contribution in [2.45, 2.75) is 20.8 Å². The van der Waals surface area contributed by atoms with Gasteiger partial charge in [0.25, 0.3) is 11.6 Å². The SMILES string of the molecule is Cc1cccc(NC(=O)c2nn(-c3ccccc3[N+](=O)[O-])c(C)cc2=O)c1C. The van der Waals surface area contributed by atoms with Gasteiger partial charge in [-0.1, -0.05) is 24.3 Å². The van der Waals surface area contributed by atoms with Crippen molar-refractivity contribution in [2.75, 3.05) is 5.32 Å². The first-order valence-electron chi connectivity index (χ1n) is 8.52. The molecule has 8 nitrogen and oxygen atoms in total. The predicted molar refractivity (Wildman–Crippen MR) is 105 cm³/mol. The summed E-state index contributed by atoms with van der Waals surface area (Å²) in [5, 5.41) is 18.1. The Hall–Kier alpha value is -3.81. The number of aryl methyl sites for hydroxylation is 2. The number of anilines is 1. The van der Waals surface area contributed by atoms with Gasteiger partial charge in [0.1, 0.15) is 5.69 Å². The van der Waals surface area contributed by atoms with Crippen LogP contribution in [0.3, 0.4) is 0 Å². The first-order chi connectivity index (χ1) is 13.3. The summed E-state index contributed by atoms with van der Waals surface area (Å²) in [6.45, 7) is 5.37. The van der Waals surface area contributed by atoms with Crippen LogP contribution >= 0.6 is 0 Å². The smallest absolute Gasteiger partial charge is 0.294 e. The lowest BCUT2D eigenvalue weighted by molar-refractivity contribution is -0.384. The molecule has 142 valence electrons. The van der Waals surface area contributed by atoms with Crippen LogP contribution in [0.25, 0.3) is 5.69 Å². The van der Waals surface area contributed by atoms with Gasteiger partial charge < -0.3 is 5.32 Å². The molecule has 0 atom stereocenters. The van der Waals surface area contributed by atoms with E-state index in [1.807, 2.05) is 19.9 Å². The van der Waals surface area contributed by atoms with Crippen LogP contribution in [0.2, 0.25) is 0 Å². The van der Waals surface area contributed by atoms with Crippen molar-refractivity contribution >= 4 is 17.3 Å². The van der Waals surface area contributed by atoms with Crippen LogP contribution in [0.4, 0.5) is 11.4 Å². The summed E-state index contributed by atoms with van der Waals surface area (Å²) < 4.78 is 1.23. The van der Waals surface area contributed by atoms with Crippen LogP contribution < -0.4 is 10.7 Å². The van der Waals surface area contributed by atoms with Gasteiger partial charge in [0.2, 0.25) is 5.43 Å². The van der Waals surface area contributed by atoms with Gasteiger partial charge in [0.05, 0.1) is 4.92 Å². The number of para-hydroxylation sites is 2. The van der Waals surface area contributed by atoms with Crippen molar-refractivity contribution < 1.29 is 9.72 Å². The molecule has 1 heterocycles. The summed E-state index contributed by atoms with van der Waals surface area (Å²) in [5.74, 6) is -0.675. The molecular formula is C20H18N4O4. The highest BCUT2D eigenvalue weighted by molar-refractivity contribution is 6.03. The zero-order chi connectivity index (χ0) is 20.4. The molecule has 0 unspecified atom stereocenters. The lowest BCUT2D eigenvalue weighted by atomic mass is 10.1. The van der Waals surface area contributed by atoms with Gasteiger partial charge in [-0.05, 0) is 44.0 Å². The highest BCUT2D eigenvalue weighted by Gasteiger charge is 2.20. The van der Waals surface area contributed by atoms with Crippen LogP contribution in [0.1, 0.15) is 27.3 Å². The number of carbonyl (C=O) groups is 1. The van der Waals surface area contributed by atoms with E-state index >= 15 is 0 Å². The van der Waals surface area contributed by atoms with Gasteiger partial charge in [-0.25, -0.2) is 4.68 Å². The molecule has 1 aromatic heterocycles. The number of nitrogens with one attached hydrogen (secondary N) is 1. The van der Waals surface area contributed by atoms with Gasteiger partial charge in [-0.3, -0.25) is 19.7 Å². The van der Waals surface area contributed by atoms with E-state index in [4.69, 9.17) is 0 Å². The predicted octanol–water partition coefficient (Wildman–Crippen LogP) is 3.32. The summed E-state index contributed by atoms with van der Waals surface area (Å²) in [6, 6.07) is 12.7. The quantitative estimate of drug-likeness (QED) is 0.553. The maximum absolute atomic E-state index is 12.7. The van der Waals surface area contributed by atoms with E-state index in [0.717, 1.165) is 11.1 Å². The molecule has 3 aromatic rings. The Labute approximate surface area is 160 Å². The average molecular weight is 378 g/mol. The first-order valence-corrected chi connectivity index (χ1v) is 8.52. The average Bonchev–Trinajstić information content (AvgIpc) is 2.65. The van der Waals surface area contributed by atoms with E-state index in [0.29, 0.717) is 11.4 Å². The molecule has 0 saturated carbocycles. The number of nitro groups is 1. The molecule has 0 aliphatic heterocycles. The molecule has 0 aliphatic carbocycles. The fraction of sp³-hybridized carbons (Fsp3) is 0.150. The molecule has 0 spiro atoms. The Morgan fingerprint density at radius 2 is 1.82 bits per heavy atom. The number of rotatable bonds is 4. The standard InChI is InChI=1S/C20H18N4O4/c1-12-7-6-8-15(14(12)3)21-20(26)19-18(25)11-13(2)23(22-19)16-9-4-5-10-17(16)24(27)28/h4-11H,1-3H3,(H,21,26). The molecule has 0 aliphatic rings. The molecular weight excluding hydrogens is 360 g/mol. The second-order valence-corrected chi connectivity index (χ2v) is 6.36. The third-order valence-corrected chi connectivity index (χ3v) is 4.48. The second kappa shape index (κ2) is 7.43. The Morgan fingerprint density at radius 3 is 2.54 bits per heavy atom. The fourth-order valence-electron chi connectivity index (χ4n) is 2.81. The van der Waals surface area contributed by atoms with E-state index in [-0.39, 0.29) is 17.1 Å². The van der Waals surface area contributed by atoms with Crippen LogP contribution in [0.5, 0.6) is 0 Å². The van der Waals surface area contributed by atoms with Crippen molar-refractivity contribution in [1.29, 1.82) is 0 Å². The minimum absolute atomic E-state index is 0.172. The van der Waals surface area contributed by atoms with Crippen LogP contribution in [0, 0.1) is 30.9 Å². The molecule has 8 heteroatoms. The summed E-state index contributed by atoms with van der Waals surface area (Å²) in [5.41, 5.74) is 1.91.